The molecule has 0 spiro atoms. The number of nitro groups is 1. The number of hydrogen-bond donors (Lipinski definition) is 1. The molecule has 5 nitrogen and oxygen atoms in total. The molecule has 106 valence electrons. The van der Waals surface area contributed by atoms with Gasteiger partial charge in [0.1, 0.15) is 13.3 Å². The number of alkyl halides is 1. The largest absolute Gasteiger partial charge is 0.484 e. The summed E-state index contributed by atoms with van der Waals surface area (Å²) in [5.41, 5.74) is 0.578. The molecule has 19 heavy (non-hydrogen) atoms. The lowest BCUT2D eigenvalue weighted by molar-refractivity contribution is -0.385. The van der Waals surface area contributed by atoms with E-state index in [0.717, 1.165) is 5.56 Å². The fourth-order valence-corrected chi connectivity index (χ4v) is 1.45. The van der Waals surface area contributed by atoms with Crippen molar-refractivity contribution in [2.75, 3.05) is 13.3 Å². The van der Waals surface area contributed by atoms with E-state index in [1.807, 2.05) is 20.8 Å². The van der Waals surface area contributed by atoms with Crippen LogP contribution in [0.3, 0.4) is 0 Å². The summed E-state index contributed by atoms with van der Waals surface area (Å²) in [6.07, 6.45) is 0. The van der Waals surface area contributed by atoms with Crippen LogP contribution in [0, 0.1) is 10.1 Å². The van der Waals surface area contributed by atoms with E-state index in [-0.39, 0.29) is 23.6 Å². The van der Waals surface area contributed by atoms with Crippen LogP contribution in [-0.4, -0.2) is 23.7 Å². The Labute approximate surface area is 111 Å². The second kappa shape index (κ2) is 6.47. The monoisotopic (exact) mass is 270 g/mol. The summed E-state index contributed by atoms with van der Waals surface area (Å²) in [6.45, 7) is 5.71. The maximum atomic E-state index is 12.0. The van der Waals surface area contributed by atoms with Crippen LogP contribution >= 0.6 is 0 Å². The van der Waals surface area contributed by atoms with Crippen LogP contribution in [0.5, 0.6) is 5.75 Å². The summed E-state index contributed by atoms with van der Waals surface area (Å²) in [7, 11) is 0. The van der Waals surface area contributed by atoms with Crippen molar-refractivity contribution in [2.45, 2.75) is 32.9 Å². The van der Waals surface area contributed by atoms with Gasteiger partial charge in [0.15, 0.2) is 5.75 Å². The second-order valence-corrected chi connectivity index (χ2v) is 5.20. The van der Waals surface area contributed by atoms with E-state index in [9.17, 15) is 14.5 Å². The zero-order chi connectivity index (χ0) is 14.5. The lowest BCUT2D eigenvalue weighted by Crippen LogP contribution is -2.35. The van der Waals surface area contributed by atoms with Gasteiger partial charge in [0.05, 0.1) is 4.92 Å². The van der Waals surface area contributed by atoms with Gasteiger partial charge in [0, 0.05) is 18.2 Å². The van der Waals surface area contributed by atoms with Crippen LogP contribution in [0.15, 0.2) is 18.2 Å². The lowest BCUT2D eigenvalue weighted by atomic mass is 10.1. The minimum atomic E-state index is -0.676. The normalized spacial score (nSPS) is 11.4. The highest BCUT2D eigenvalue weighted by Crippen LogP contribution is 2.28. The van der Waals surface area contributed by atoms with Gasteiger partial charge in [-0.2, -0.15) is 0 Å². The van der Waals surface area contributed by atoms with E-state index < -0.39 is 11.6 Å². The maximum Gasteiger partial charge on any atom is 0.311 e. The third-order valence-electron chi connectivity index (χ3n) is 2.38. The predicted molar refractivity (Wildman–Crippen MR) is 71.2 cm³/mol. The molecule has 0 atom stereocenters. The van der Waals surface area contributed by atoms with Crippen molar-refractivity contribution < 1.29 is 14.1 Å². The molecule has 0 aliphatic carbocycles. The maximum absolute atomic E-state index is 12.0. The number of halogens is 1. The van der Waals surface area contributed by atoms with Crippen LogP contribution in [0.1, 0.15) is 26.3 Å². The fraction of sp³-hybridized carbons (Fsp3) is 0.538. The van der Waals surface area contributed by atoms with Gasteiger partial charge < -0.3 is 10.1 Å². The number of hydrogen-bond acceptors (Lipinski definition) is 4. The standard InChI is InChI=1S/C13H19FN2O3/c1-13(2,3)15-9-10-4-5-12(19-7-6-14)11(8-10)16(17)18/h4-5,8,15H,6-7,9H2,1-3H3. The minimum Gasteiger partial charge on any atom is -0.484 e. The van der Waals surface area contributed by atoms with Gasteiger partial charge in [0.2, 0.25) is 0 Å². The van der Waals surface area contributed by atoms with Crippen LogP contribution in [0.2, 0.25) is 0 Å². The number of ether oxygens (including phenoxy) is 1. The minimum absolute atomic E-state index is 0.0713. The molecular weight excluding hydrogens is 251 g/mol. The molecule has 0 unspecified atom stereocenters. The van der Waals surface area contributed by atoms with E-state index in [4.69, 9.17) is 4.74 Å². The predicted octanol–water partition coefficient (Wildman–Crippen LogP) is 2.83. The fourth-order valence-electron chi connectivity index (χ4n) is 1.45. The van der Waals surface area contributed by atoms with E-state index in [1.165, 1.54) is 12.1 Å². The molecule has 0 fully saturated rings. The molecule has 0 amide bonds. The number of nitrogens with zero attached hydrogens (tertiary/aromatic N) is 1. The molecule has 0 aromatic heterocycles. The molecule has 1 N–H and O–H groups in total. The summed E-state index contributed by atoms with van der Waals surface area (Å²) < 4.78 is 17.0. The van der Waals surface area contributed by atoms with E-state index in [1.54, 1.807) is 6.07 Å². The van der Waals surface area contributed by atoms with Gasteiger partial charge in [-0.15, -0.1) is 0 Å². The Balaban J connectivity index is 2.86. The Hall–Kier alpha value is -1.69. The van der Waals surface area contributed by atoms with Crippen molar-refractivity contribution in [3.8, 4) is 5.75 Å². The molecule has 0 aliphatic heterocycles. The lowest BCUT2D eigenvalue weighted by Gasteiger charge is -2.20. The first-order valence-corrected chi connectivity index (χ1v) is 6.04. The zero-order valence-electron chi connectivity index (χ0n) is 11.4. The highest BCUT2D eigenvalue weighted by molar-refractivity contribution is 5.48. The third kappa shape index (κ3) is 5.21. The number of benzene rings is 1. The van der Waals surface area contributed by atoms with Crippen molar-refractivity contribution in [3.63, 3.8) is 0 Å². The Kier molecular flexibility index (Phi) is 5.23. The highest BCUT2D eigenvalue weighted by Gasteiger charge is 2.17. The van der Waals surface area contributed by atoms with Gasteiger partial charge >= 0.3 is 5.69 Å². The molecule has 0 bridgehead atoms. The Bertz CT molecular complexity index is 444. The summed E-state index contributed by atoms with van der Waals surface area (Å²) in [6, 6.07) is 4.69. The van der Waals surface area contributed by atoms with Crippen molar-refractivity contribution in [2.24, 2.45) is 0 Å². The Morgan fingerprint density at radius 2 is 2.11 bits per heavy atom. The van der Waals surface area contributed by atoms with Crippen LogP contribution in [0.25, 0.3) is 0 Å². The number of nitro benzene ring substituents is 1. The zero-order valence-corrected chi connectivity index (χ0v) is 11.4. The molecule has 0 radical (unpaired) electrons. The molecule has 0 saturated heterocycles. The number of nitrogens with one attached hydrogen (secondary N) is 1. The first-order valence-electron chi connectivity index (χ1n) is 6.04. The first kappa shape index (κ1) is 15.4. The number of rotatable bonds is 6. The van der Waals surface area contributed by atoms with Crippen LogP contribution < -0.4 is 10.1 Å². The first-order chi connectivity index (χ1) is 8.83. The van der Waals surface area contributed by atoms with Gasteiger partial charge in [0.25, 0.3) is 0 Å². The summed E-state index contributed by atoms with van der Waals surface area (Å²) in [4.78, 5) is 10.4. The summed E-state index contributed by atoms with van der Waals surface area (Å²) in [5.74, 6) is 0.0992. The molecule has 1 rings (SSSR count). The molecule has 1 aromatic rings. The SMILES string of the molecule is CC(C)(C)NCc1ccc(OCCF)c([N+](=O)[O-])c1. The van der Waals surface area contributed by atoms with E-state index >= 15 is 0 Å². The topological polar surface area (TPSA) is 64.4 Å². The molecule has 0 aliphatic rings. The average Bonchev–Trinajstić information content (AvgIpc) is 2.33. The Morgan fingerprint density at radius 1 is 1.42 bits per heavy atom. The van der Waals surface area contributed by atoms with Crippen molar-refractivity contribution >= 4 is 5.69 Å². The van der Waals surface area contributed by atoms with Crippen LogP contribution in [0.4, 0.5) is 10.1 Å². The van der Waals surface area contributed by atoms with E-state index in [2.05, 4.69) is 5.32 Å². The van der Waals surface area contributed by atoms with Crippen molar-refractivity contribution in [1.29, 1.82) is 0 Å². The Morgan fingerprint density at radius 3 is 2.63 bits per heavy atom. The van der Waals surface area contributed by atoms with Crippen molar-refractivity contribution in [1.82, 2.24) is 5.32 Å². The smallest absolute Gasteiger partial charge is 0.311 e. The average molecular weight is 270 g/mol. The van der Waals surface area contributed by atoms with Crippen LogP contribution in [-0.2, 0) is 6.54 Å². The molecule has 0 heterocycles. The van der Waals surface area contributed by atoms with Gasteiger partial charge in [-0.05, 0) is 32.4 Å². The quantitative estimate of drug-likeness (QED) is 0.637. The summed E-state index contributed by atoms with van der Waals surface area (Å²) in [5, 5.41) is 14.2. The molecule has 6 heteroatoms. The van der Waals surface area contributed by atoms with Crippen molar-refractivity contribution in [3.05, 3.63) is 33.9 Å². The molecule has 1 aromatic carbocycles. The van der Waals surface area contributed by atoms with Gasteiger partial charge in [-0.3, -0.25) is 10.1 Å². The highest BCUT2D eigenvalue weighted by atomic mass is 19.1. The molecule has 0 saturated carbocycles. The van der Waals surface area contributed by atoms with Gasteiger partial charge in [-0.1, -0.05) is 6.07 Å². The van der Waals surface area contributed by atoms with E-state index in [0.29, 0.717) is 6.54 Å². The second-order valence-electron chi connectivity index (χ2n) is 5.20. The third-order valence-corrected chi connectivity index (χ3v) is 2.38. The molecular formula is C13H19FN2O3. The summed E-state index contributed by atoms with van der Waals surface area (Å²) >= 11 is 0. The van der Waals surface area contributed by atoms with Gasteiger partial charge in [-0.25, -0.2) is 4.39 Å².